The van der Waals surface area contributed by atoms with Crippen molar-refractivity contribution in [2.75, 3.05) is 6.67 Å². The van der Waals surface area contributed by atoms with Crippen molar-refractivity contribution < 1.29 is 28.7 Å². The van der Waals surface area contributed by atoms with E-state index in [1.54, 1.807) is 6.92 Å². The molecule has 0 saturated heterocycles. The molecule has 0 saturated carbocycles. The Morgan fingerprint density at radius 3 is 2.38 bits per heavy atom. The van der Waals surface area contributed by atoms with Crippen molar-refractivity contribution in [2.45, 2.75) is 64.0 Å². The molecule has 8 heteroatoms. The first kappa shape index (κ1) is 22.5. The summed E-state index contributed by atoms with van der Waals surface area (Å²) in [7, 11) is 0. The van der Waals surface area contributed by atoms with Crippen LogP contribution in [0.25, 0.3) is 0 Å². The first-order valence-electron chi connectivity index (χ1n) is 9.50. The number of benzene rings is 1. The summed E-state index contributed by atoms with van der Waals surface area (Å²) in [5, 5.41) is 15.3. The number of rotatable bonds is 8. The van der Waals surface area contributed by atoms with E-state index < -0.39 is 42.4 Å². The molecule has 0 spiro atoms. The lowest BCUT2D eigenvalue weighted by atomic mass is 9.85. The van der Waals surface area contributed by atoms with Crippen LogP contribution in [0.1, 0.15) is 58.1 Å². The molecule has 2 atom stereocenters. The molecule has 1 aliphatic rings. The summed E-state index contributed by atoms with van der Waals surface area (Å²) in [5.74, 6) is -2.99. The molecule has 29 heavy (non-hydrogen) atoms. The Morgan fingerprint density at radius 1 is 1.28 bits per heavy atom. The zero-order chi connectivity index (χ0) is 21.8. The number of hydrogen-bond acceptors (Lipinski definition) is 5. The molecule has 0 aliphatic carbocycles. The van der Waals surface area contributed by atoms with E-state index >= 15 is 0 Å². The highest BCUT2D eigenvalue weighted by molar-refractivity contribution is 6.06. The summed E-state index contributed by atoms with van der Waals surface area (Å²) in [5.41, 5.74) is 1.17. The highest BCUT2D eigenvalue weighted by Gasteiger charge is 2.46. The molecule has 0 fully saturated rings. The number of Topliss-reactive ketones (excluding diaryl/α,β-unsaturated/α-hetero) is 1. The van der Waals surface area contributed by atoms with E-state index in [1.165, 1.54) is 0 Å². The van der Waals surface area contributed by atoms with E-state index in [0.29, 0.717) is 5.71 Å². The number of hydrogen-bond donors (Lipinski definition) is 2. The molecule has 1 aromatic carbocycles. The van der Waals surface area contributed by atoms with Crippen molar-refractivity contribution in [3.63, 3.8) is 0 Å². The minimum absolute atomic E-state index is 0.00168. The van der Waals surface area contributed by atoms with Gasteiger partial charge in [-0.15, -0.1) is 0 Å². The lowest BCUT2D eigenvalue weighted by Gasteiger charge is -2.26. The summed E-state index contributed by atoms with van der Waals surface area (Å²) in [4.78, 5) is 40.9. The van der Waals surface area contributed by atoms with Crippen LogP contribution in [0.4, 0.5) is 4.39 Å². The number of oxime groups is 1. The smallest absolute Gasteiger partial charge is 0.305 e. The molecule has 1 aliphatic heterocycles. The normalized spacial score (nSPS) is 19.8. The van der Waals surface area contributed by atoms with Crippen molar-refractivity contribution >= 4 is 23.4 Å². The second kappa shape index (κ2) is 8.71. The monoisotopic (exact) mass is 406 g/mol. The van der Waals surface area contributed by atoms with Crippen molar-refractivity contribution in [2.24, 2.45) is 5.16 Å². The van der Waals surface area contributed by atoms with Crippen LogP contribution in [0.15, 0.2) is 29.4 Å². The number of carbonyl (C=O) groups is 3. The molecule has 158 valence electrons. The standard InChI is InChI=1S/C21H27FN2O5/c1-5-21(19(28)23-15(10-18(26)27)17(25)12-22)11-16(24-29-21)13-6-8-14(9-7-13)20(2,3)4/h6-9,15H,5,10-12H2,1-4H3,(H,23,28)(H,26,27). The topological polar surface area (TPSA) is 105 Å². The number of aliphatic carboxylic acids is 1. The Labute approximate surface area is 169 Å². The Hall–Kier alpha value is -2.77. The van der Waals surface area contributed by atoms with E-state index in [4.69, 9.17) is 9.94 Å². The van der Waals surface area contributed by atoms with Crippen LogP contribution in [0, 0.1) is 0 Å². The number of alkyl halides is 1. The average molecular weight is 406 g/mol. The SMILES string of the molecule is CCC1(C(=O)NC(CC(=O)O)C(=O)CF)CC(c2ccc(C(C)(C)C)cc2)=NO1. The lowest BCUT2D eigenvalue weighted by Crippen LogP contribution is -2.53. The van der Waals surface area contributed by atoms with Gasteiger partial charge in [-0.1, -0.05) is 57.1 Å². The molecule has 1 amide bonds. The minimum atomic E-state index is -1.45. The second-order valence-corrected chi connectivity index (χ2v) is 8.21. The lowest BCUT2D eigenvalue weighted by molar-refractivity contribution is -0.148. The van der Waals surface area contributed by atoms with Gasteiger partial charge in [0.25, 0.3) is 5.91 Å². The maximum absolute atomic E-state index is 12.8. The Bertz CT molecular complexity index is 813. The third kappa shape index (κ3) is 5.19. The Balaban J connectivity index is 2.16. The van der Waals surface area contributed by atoms with Gasteiger partial charge in [0.05, 0.1) is 12.1 Å². The van der Waals surface area contributed by atoms with Crippen molar-refractivity contribution in [3.8, 4) is 0 Å². The largest absolute Gasteiger partial charge is 0.481 e. The van der Waals surface area contributed by atoms with Gasteiger partial charge in [-0.25, -0.2) is 4.39 Å². The van der Waals surface area contributed by atoms with Crippen molar-refractivity contribution in [1.29, 1.82) is 0 Å². The zero-order valence-electron chi connectivity index (χ0n) is 17.1. The highest BCUT2D eigenvalue weighted by atomic mass is 19.1. The summed E-state index contributed by atoms with van der Waals surface area (Å²) < 4.78 is 12.7. The Morgan fingerprint density at radius 2 is 1.90 bits per heavy atom. The van der Waals surface area contributed by atoms with Gasteiger partial charge >= 0.3 is 5.97 Å². The summed E-state index contributed by atoms with van der Waals surface area (Å²) >= 11 is 0. The van der Waals surface area contributed by atoms with E-state index in [0.717, 1.165) is 11.1 Å². The summed E-state index contributed by atoms with van der Waals surface area (Å²) in [6.45, 7) is 6.69. The van der Waals surface area contributed by atoms with Gasteiger partial charge < -0.3 is 15.3 Å². The number of halogens is 1. The third-order valence-electron chi connectivity index (χ3n) is 5.06. The van der Waals surface area contributed by atoms with E-state index in [9.17, 15) is 18.8 Å². The van der Waals surface area contributed by atoms with Crippen LogP contribution >= 0.6 is 0 Å². The van der Waals surface area contributed by atoms with Crippen LogP contribution in [0.5, 0.6) is 0 Å². The van der Waals surface area contributed by atoms with Gasteiger partial charge in [0, 0.05) is 6.42 Å². The van der Waals surface area contributed by atoms with Gasteiger partial charge in [0.1, 0.15) is 12.7 Å². The van der Waals surface area contributed by atoms with Crippen molar-refractivity contribution in [3.05, 3.63) is 35.4 Å². The van der Waals surface area contributed by atoms with Gasteiger partial charge in [-0.05, 0) is 23.0 Å². The quantitative estimate of drug-likeness (QED) is 0.691. The number of carbonyl (C=O) groups excluding carboxylic acids is 2. The first-order chi connectivity index (χ1) is 13.5. The van der Waals surface area contributed by atoms with Crippen LogP contribution in [-0.4, -0.2) is 46.8 Å². The van der Waals surface area contributed by atoms with Crippen LogP contribution < -0.4 is 5.32 Å². The predicted molar refractivity (Wildman–Crippen MR) is 106 cm³/mol. The number of ketones is 1. The van der Waals surface area contributed by atoms with E-state index in [-0.39, 0.29) is 18.3 Å². The molecule has 2 N–H and O–H groups in total. The number of nitrogens with one attached hydrogen (secondary N) is 1. The fourth-order valence-corrected chi connectivity index (χ4v) is 3.07. The van der Waals surface area contributed by atoms with Crippen LogP contribution in [0.3, 0.4) is 0 Å². The summed E-state index contributed by atoms with van der Waals surface area (Å²) in [6, 6.07) is 6.35. The number of amides is 1. The molecule has 1 aromatic rings. The Kier molecular flexibility index (Phi) is 6.77. The number of carboxylic acid groups (broad SMARTS) is 1. The maximum atomic E-state index is 12.8. The van der Waals surface area contributed by atoms with Crippen LogP contribution in [0.2, 0.25) is 0 Å². The third-order valence-corrected chi connectivity index (χ3v) is 5.06. The first-order valence-corrected chi connectivity index (χ1v) is 9.50. The predicted octanol–water partition coefficient (Wildman–Crippen LogP) is 2.76. The van der Waals surface area contributed by atoms with E-state index in [1.807, 2.05) is 24.3 Å². The molecular weight excluding hydrogens is 379 g/mol. The molecule has 0 radical (unpaired) electrons. The average Bonchev–Trinajstić information content (AvgIpc) is 3.12. The minimum Gasteiger partial charge on any atom is -0.481 e. The molecule has 1 heterocycles. The van der Waals surface area contributed by atoms with Crippen molar-refractivity contribution in [1.82, 2.24) is 5.32 Å². The van der Waals surface area contributed by atoms with Gasteiger partial charge in [0.15, 0.2) is 5.78 Å². The van der Waals surface area contributed by atoms with Crippen LogP contribution in [-0.2, 0) is 24.6 Å². The number of nitrogens with zero attached hydrogens (tertiary/aromatic N) is 1. The van der Waals surface area contributed by atoms with E-state index in [2.05, 4.69) is 31.2 Å². The molecule has 2 unspecified atom stereocenters. The fourth-order valence-electron chi connectivity index (χ4n) is 3.07. The number of carboxylic acids is 1. The molecule has 0 aromatic heterocycles. The van der Waals surface area contributed by atoms with Gasteiger partial charge in [-0.2, -0.15) is 0 Å². The molecular formula is C21H27FN2O5. The maximum Gasteiger partial charge on any atom is 0.305 e. The fraction of sp³-hybridized carbons (Fsp3) is 0.524. The van der Waals surface area contributed by atoms with Gasteiger partial charge in [0.2, 0.25) is 5.60 Å². The summed E-state index contributed by atoms with van der Waals surface area (Å²) in [6.07, 6.45) is -0.292. The molecule has 7 nitrogen and oxygen atoms in total. The highest BCUT2D eigenvalue weighted by Crippen LogP contribution is 2.31. The molecule has 0 bridgehead atoms. The van der Waals surface area contributed by atoms with Gasteiger partial charge in [-0.3, -0.25) is 14.4 Å². The molecule has 2 rings (SSSR count). The zero-order valence-corrected chi connectivity index (χ0v) is 17.1. The second-order valence-electron chi connectivity index (χ2n) is 8.21.